The second-order valence-electron chi connectivity index (χ2n) is 4.67. The van der Waals surface area contributed by atoms with Crippen LogP contribution in [-0.2, 0) is 9.59 Å². The van der Waals surface area contributed by atoms with E-state index < -0.39 is 5.97 Å². The van der Waals surface area contributed by atoms with Crippen LogP contribution in [0.4, 0.5) is 0 Å². The average Bonchev–Trinajstić information content (AvgIpc) is 2.57. The molecule has 0 spiro atoms. The number of aliphatic carboxylic acids is 1. The zero-order valence-electron chi connectivity index (χ0n) is 10.0. The van der Waals surface area contributed by atoms with Crippen LogP contribution in [0.3, 0.4) is 0 Å². The minimum absolute atomic E-state index is 0.0792. The number of carbonyl (C=O) groups is 2. The fourth-order valence-corrected chi connectivity index (χ4v) is 2.53. The van der Waals surface area contributed by atoms with Gasteiger partial charge >= 0.3 is 5.97 Å². The molecule has 4 heteroatoms. The van der Waals surface area contributed by atoms with E-state index in [4.69, 9.17) is 5.11 Å². The molecule has 0 saturated heterocycles. The van der Waals surface area contributed by atoms with Crippen LogP contribution in [0.2, 0.25) is 0 Å². The van der Waals surface area contributed by atoms with Crippen LogP contribution < -0.4 is 5.32 Å². The number of nitrogens with one attached hydrogen (secondary N) is 1. The van der Waals surface area contributed by atoms with Crippen molar-refractivity contribution in [1.29, 1.82) is 0 Å². The molecule has 1 aliphatic rings. The number of hydrogen-bond donors (Lipinski definition) is 2. The molecule has 92 valence electrons. The van der Waals surface area contributed by atoms with Gasteiger partial charge in [-0.05, 0) is 24.7 Å². The summed E-state index contributed by atoms with van der Waals surface area (Å²) in [5.74, 6) is 0.167. The van der Waals surface area contributed by atoms with Crippen LogP contribution in [0.15, 0.2) is 0 Å². The summed E-state index contributed by atoms with van der Waals surface area (Å²) in [7, 11) is 0. The predicted octanol–water partition coefficient (Wildman–Crippen LogP) is 1.79. The lowest BCUT2D eigenvalue weighted by Gasteiger charge is -2.20. The zero-order valence-corrected chi connectivity index (χ0v) is 10.0. The van der Waals surface area contributed by atoms with E-state index in [-0.39, 0.29) is 24.8 Å². The van der Waals surface area contributed by atoms with Gasteiger partial charge < -0.3 is 10.4 Å². The Morgan fingerprint density at radius 2 is 2.00 bits per heavy atom. The Kier molecular flexibility index (Phi) is 4.77. The highest BCUT2D eigenvalue weighted by atomic mass is 16.4. The van der Waals surface area contributed by atoms with Gasteiger partial charge in [0.2, 0.25) is 5.91 Å². The quantitative estimate of drug-likeness (QED) is 0.752. The summed E-state index contributed by atoms with van der Waals surface area (Å²) in [6.07, 6.45) is 3.36. The molecule has 3 unspecified atom stereocenters. The van der Waals surface area contributed by atoms with Gasteiger partial charge in [-0.25, -0.2) is 0 Å². The van der Waals surface area contributed by atoms with Crippen molar-refractivity contribution in [2.45, 2.75) is 52.0 Å². The molecule has 0 radical (unpaired) electrons. The Morgan fingerprint density at radius 3 is 2.50 bits per heavy atom. The Hall–Kier alpha value is -1.06. The molecule has 1 fully saturated rings. The molecule has 1 rings (SSSR count). The molecule has 4 nitrogen and oxygen atoms in total. The van der Waals surface area contributed by atoms with Crippen molar-refractivity contribution in [3.63, 3.8) is 0 Å². The Labute approximate surface area is 96.4 Å². The predicted molar refractivity (Wildman–Crippen MR) is 61.0 cm³/mol. The maximum absolute atomic E-state index is 11.5. The molecule has 0 heterocycles. The van der Waals surface area contributed by atoms with Gasteiger partial charge in [-0.15, -0.1) is 0 Å². The van der Waals surface area contributed by atoms with E-state index in [1.54, 1.807) is 0 Å². The Balaban J connectivity index is 2.32. The van der Waals surface area contributed by atoms with Crippen LogP contribution in [0.25, 0.3) is 0 Å². The van der Waals surface area contributed by atoms with E-state index in [1.165, 1.54) is 6.42 Å². The molecule has 1 saturated carbocycles. The van der Waals surface area contributed by atoms with E-state index in [9.17, 15) is 9.59 Å². The molecule has 0 aromatic carbocycles. The SMILES string of the molecule is CCC1CCC(NC(=O)CCC(=O)O)C1C. The number of amides is 1. The van der Waals surface area contributed by atoms with E-state index in [0.717, 1.165) is 12.8 Å². The van der Waals surface area contributed by atoms with Gasteiger partial charge in [0, 0.05) is 12.5 Å². The van der Waals surface area contributed by atoms with E-state index >= 15 is 0 Å². The lowest BCUT2D eigenvalue weighted by atomic mass is 9.93. The Morgan fingerprint density at radius 1 is 1.31 bits per heavy atom. The van der Waals surface area contributed by atoms with Gasteiger partial charge in [0.1, 0.15) is 0 Å². The van der Waals surface area contributed by atoms with Crippen molar-refractivity contribution in [1.82, 2.24) is 5.32 Å². The zero-order chi connectivity index (χ0) is 12.1. The van der Waals surface area contributed by atoms with Gasteiger partial charge in [0.05, 0.1) is 6.42 Å². The molecule has 0 aromatic heterocycles. The summed E-state index contributed by atoms with van der Waals surface area (Å²) in [5, 5.41) is 11.4. The van der Waals surface area contributed by atoms with Crippen molar-refractivity contribution >= 4 is 11.9 Å². The number of carbonyl (C=O) groups excluding carboxylic acids is 1. The van der Waals surface area contributed by atoms with Gasteiger partial charge in [-0.3, -0.25) is 9.59 Å². The first-order chi connectivity index (χ1) is 7.54. The maximum atomic E-state index is 11.5. The maximum Gasteiger partial charge on any atom is 0.303 e. The highest BCUT2D eigenvalue weighted by Crippen LogP contribution is 2.33. The third-order valence-corrected chi connectivity index (χ3v) is 3.66. The fourth-order valence-electron chi connectivity index (χ4n) is 2.53. The molecule has 1 aliphatic carbocycles. The number of carboxylic acids is 1. The summed E-state index contributed by atoms with van der Waals surface area (Å²) in [4.78, 5) is 21.8. The minimum Gasteiger partial charge on any atom is -0.481 e. The van der Waals surface area contributed by atoms with Crippen LogP contribution in [-0.4, -0.2) is 23.0 Å². The van der Waals surface area contributed by atoms with Crippen molar-refractivity contribution in [3.8, 4) is 0 Å². The molecule has 0 aliphatic heterocycles. The van der Waals surface area contributed by atoms with E-state index in [2.05, 4.69) is 19.2 Å². The standard InChI is InChI=1S/C12H21NO3/c1-3-9-4-5-10(8(9)2)13-11(14)6-7-12(15)16/h8-10H,3-7H2,1-2H3,(H,13,14)(H,15,16). The third kappa shape index (κ3) is 3.51. The van der Waals surface area contributed by atoms with Crippen LogP contribution in [0, 0.1) is 11.8 Å². The van der Waals surface area contributed by atoms with Crippen LogP contribution in [0.5, 0.6) is 0 Å². The summed E-state index contributed by atoms with van der Waals surface area (Å²) in [5.41, 5.74) is 0. The number of rotatable bonds is 5. The summed E-state index contributed by atoms with van der Waals surface area (Å²) >= 11 is 0. The molecule has 3 atom stereocenters. The van der Waals surface area contributed by atoms with Crippen molar-refractivity contribution in [3.05, 3.63) is 0 Å². The lowest BCUT2D eigenvalue weighted by Crippen LogP contribution is -2.37. The summed E-state index contributed by atoms with van der Waals surface area (Å²) in [6, 6.07) is 0.242. The van der Waals surface area contributed by atoms with E-state index in [1.807, 2.05) is 0 Å². The lowest BCUT2D eigenvalue weighted by molar-refractivity contribution is -0.139. The monoisotopic (exact) mass is 227 g/mol. The third-order valence-electron chi connectivity index (χ3n) is 3.66. The van der Waals surface area contributed by atoms with Crippen molar-refractivity contribution in [2.75, 3.05) is 0 Å². The van der Waals surface area contributed by atoms with Gasteiger partial charge in [-0.1, -0.05) is 20.3 Å². The first-order valence-corrected chi connectivity index (χ1v) is 6.05. The minimum atomic E-state index is -0.916. The largest absolute Gasteiger partial charge is 0.481 e. The molecule has 16 heavy (non-hydrogen) atoms. The normalized spacial score (nSPS) is 29.0. The van der Waals surface area contributed by atoms with Crippen LogP contribution >= 0.6 is 0 Å². The topological polar surface area (TPSA) is 66.4 Å². The fraction of sp³-hybridized carbons (Fsp3) is 0.833. The second-order valence-corrected chi connectivity index (χ2v) is 4.67. The molecular weight excluding hydrogens is 206 g/mol. The smallest absolute Gasteiger partial charge is 0.303 e. The molecule has 0 aromatic rings. The molecule has 2 N–H and O–H groups in total. The summed E-state index contributed by atoms with van der Waals surface area (Å²) < 4.78 is 0. The van der Waals surface area contributed by atoms with Gasteiger partial charge in [-0.2, -0.15) is 0 Å². The van der Waals surface area contributed by atoms with Gasteiger partial charge in [0.25, 0.3) is 0 Å². The number of hydrogen-bond acceptors (Lipinski definition) is 2. The van der Waals surface area contributed by atoms with E-state index in [0.29, 0.717) is 11.8 Å². The molecule has 1 amide bonds. The number of carboxylic acid groups (broad SMARTS) is 1. The van der Waals surface area contributed by atoms with Crippen molar-refractivity contribution < 1.29 is 14.7 Å². The van der Waals surface area contributed by atoms with Crippen molar-refractivity contribution in [2.24, 2.45) is 11.8 Å². The highest BCUT2D eigenvalue weighted by Gasteiger charge is 2.32. The first-order valence-electron chi connectivity index (χ1n) is 6.05. The highest BCUT2D eigenvalue weighted by molar-refractivity contribution is 5.80. The summed E-state index contributed by atoms with van der Waals surface area (Å²) in [6.45, 7) is 4.35. The molecular formula is C12H21NO3. The Bertz CT molecular complexity index is 265. The molecule has 0 bridgehead atoms. The van der Waals surface area contributed by atoms with Crippen LogP contribution in [0.1, 0.15) is 46.0 Å². The van der Waals surface area contributed by atoms with Gasteiger partial charge in [0.15, 0.2) is 0 Å². The first kappa shape index (κ1) is 13.0. The second kappa shape index (κ2) is 5.87. The average molecular weight is 227 g/mol.